The van der Waals surface area contributed by atoms with Crippen molar-refractivity contribution in [2.75, 3.05) is 20.7 Å². The van der Waals surface area contributed by atoms with Crippen LogP contribution in [0.2, 0.25) is 0 Å². The molecule has 0 fully saturated rings. The van der Waals surface area contributed by atoms with E-state index in [1.54, 1.807) is 14.2 Å². The van der Waals surface area contributed by atoms with E-state index in [-0.39, 0.29) is 5.56 Å². The van der Waals surface area contributed by atoms with Crippen LogP contribution in [-0.2, 0) is 6.42 Å². The van der Waals surface area contributed by atoms with Crippen LogP contribution in [0.15, 0.2) is 51.0 Å². The fraction of sp³-hybridized carbons (Fsp3) is 0.182. The summed E-state index contributed by atoms with van der Waals surface area (Å²) in [5, 5.41) is 12.7. The van der Waals surface area contributed by atoms with E-state index in [2.05, 4.69) is 20.9 Å². The Kier molecular flexibility index (Phi) is 5.53. The summed E-state index contributed by atoms with van der Waals surface area (Å²) in [5.41, 5.74) is 3.53. The van der Waals surface area contributed by atoms with Crippen LogP contribution < -0.4 is 10.3 Å². The lowest BCUT2D eigenvalue weighted by Gasteiger charge is -2.16. The molecule has 4 aromatic rings. The minimum absolute atomic E-state index is 0.109. The van der Waals surface area contributed by atoms with Crippen LogP contribution in [0.4, 0.5) is 4.79 Å². The first-order valence-electron chi connectivity index (χ1n) is 9.23. The number of benzene rings is 2. The van der Waals surface area contributed by atoms with Gasteiger partial charge in [0, 0.05) is 34.4 Å². The molecule has 6 nitrogen and oxygen atoms in total. The van der Waals surface area contributed by atoms with Gasteiger partial charge >= 0.3 is 6.09 Å². The summed E-state index contributed by atoms with van der Waals surface area (Å²) in [4.78, 5) is 27.7. The molecule has 0 unspecified atom stereocenters. The zero-order valence-electron chi connectivity index (χ0n) is 16.4. The molecule has 0 bridgehead atoms. The molecule has 154 valence electrons. The summed E-state index contributed by atoms with van der Waals surface area (Å²) < 4.78 is 7.13. The number of thiophene rings is 1. The van der Waals surface area contributed by atoms with E-state index in [1.165, 1.54) is 16.2 Å². The number of H-pyrrole nitrogens is 1. The van der Waals surface area contributed by atoms with E-state index in [4.69, 9.17) is 9.84 Å². The lowest BCUT2D eigenvalue weighted by Crippen LogP contribution is -2.26. The molecule has 1 amide bonds. The summed E-state index contributed by atoms with van der Waals surface area (Å²) in [6.45, 7) is 0.427. The van der Waals surface area contributed by atoms with Crippen molar-refractivity contribution in [3.8, 4) is 16.9 Å². The van der Waals surface area contributed by atoms with Crippen molar-refractivity contribution in [3.05, 3.63) is 62.2 Å². The monoisotopic (exact) mass is 486 g/mol. The smallest absolute Gasteiger partial charge is 0.407 e. The quantitative estimate of drug-likeness (QED) is 0.399. The maximum atomic E-state index is 12.5. The maximum absolute atomic E-state index is 12.5. The third-order valence-electron chi connectivity index (χ3n) is 5.15. The first-order valence-corrected chi connectivity index (χ1v) is 10.9. The Morgan fingerprint density at radius 1 is 1.27 bits per heavy atom. The number of carboxylic acid groups (broad SMARTS) is 1. The van der Waals surface area contributed by atoms with Gasteiger partial charge in [-0.15, -0.1) is 11.3 Å². The average Bonchev–Trinajstić information content (AvgIpc) is 3.23. The van der Waals surface area contributed by atoms with Gasteiger partial charge in [0.15, 0.2) is 0 Å². The average molecular weight is 487 g/mol. The third kappa shape index (κ3) is 3.57. The number of nitrogens with one attached hydrogen (secondary N) is 1. The molecule has 0 spiro atoms. The van der Waals surface area contributed by atoms with E-state index in [9.17, 15) is 9.59 Å². The zero-order valence-corrected chi connectivity index (χ0v) is 18.8. The predicted molar refractivity (Wildman–Crippen MR) is 124 cm³/mol. The normalized spacial score (nSPS) is 11.2. The number of amides is 1. The molecule has 4 rings (SSSR count). The van der Waals surface area contributed by atoms with Gasteiger partial charge < -0.3 is 19.7 Å². The number of fused-ring (bicyclic) bond motifs is 3. The molecule has 30 heavy (non-hydrogen) atoms. The second-order valence-electron chi connectivity index (χ2n) is 6.95. The number of halogens is 1. The number of hydrogen-bond donors (Lipinski definition) is 2. The van der Waals surface area contributed by atoms with Gasteiger partial charge in [-0.2, -0.15) is 0 Å². The van der Waals surface area contributed by atoms with Gasteiger partial charge in [-0.1, -0.05) is 24.3 Å². The Morgan fingerprint density at radius 3 is 2.67 bits per heavy atom. The van der Waals surface area contributed by atoms with Crippen LogP contribution in [0.5, 0.6) is 5.75 Å². The third-order valence-corrected chi connectivity index (χ3v) is 6.69. The highest BCUT2D eigenvalue weighted by Gasteiger charge is 2.18. The largest absolute Gasteiger partial charge is 0.496 e. The summed E-state index contributed by atoms with van der Waals surface area (Å²) >= 11 is 4.97. The highest BCUT2D eigenvalue weighted by Crippen LogP contribution is 2.43. The molecule has 2 aromatic carbocycles. The van der Waals surface area contributed by atoms with Gasteiger partial charge in [0.2, 0.25) is 0 Å². The van der Waals surface area contributed by atoms with Crippen LogP contribution >= 0.6 is 27.3 Å². The second kappa shape index (κ2) is 8.12. The molecule has 8 heteroatoms. The van der Waals surface area contributed by atoms with Crippen molar-refractivity contribution in [1.29, 1.82) is 0 Å². The van der Waals surface area contributed by atoms with Crippen LogP contribution in [0, 0.1) is 0 Å². The van der Waals surface area contributed by atoms with Crippen molar-refractivity contribution in [3.63, 3.8) is 0 Å². The Labute approximate surface area is 184 Å². The van der Waals surface area contributed by atoms with E-state index < -0.39 is 6.09 Å². The number of ether oxygens (including phenoxy) is 1. The first kappa shape index (κ1) is 20.4. The van der Waals surface area contributed by atoms with Crippen LogP contribution in [0.1, 0.15) is 5.56 Å². The zero-order chi connectivity index (χ0) is 21.4. The summed E-state index contributed by atoms with van der Waals surface area (Å²) in [6.07, 6.45) is -0.310. The topological polar surface area (TPSA) is 82.6 Å². The van der Waals surface area contributed by atoms with Gasteiger partial charge in [-0.05, 0) is 51.0 Å². The minimum atomic E-state index is -0.938. The molecule has 2 heterocycles. The molecule has 2 aromatic heterocycles. The molecule has 0 atom stereocenters. The van der Waals surface area contributed by atoms with E-state index in [1.807, 2.05) is 41.8 Å². The van der Waals surface area contributed by atoms with Crippen molar-refractivity contribution in [2.45, 2.75) is 6.42 Å². The molecule has 2 N–H and O–H groups in total. The van der Waals surface area contributed by atoms with Crippen LogP contribution in [-0.4, -0.2) is 41.8 Å². The maximum Gasteiger partial charge on any atom is 0.407 e. The molecular weight excluding hydrogens is 468 g/mol. The van der Waals surface area contributed by atoms with Gasteiger partial charge in [0.25, 0.3) is 5.56 Å². The molecule has 0 aliphatic carbocycles. The number of pyridine rings is 1. The Hall–Kier alpha value is -2.84. The molecule has 0 saturated carbocycles. The fourth-order valence-electron chi connectivity index (χ4n) is 3.55. The second-order valence-corrected chi connectivity index (χ2v) is 8.72. The fourth-order valence-corrected chi connectivity index (χ4v) is 4.85. The standard InChI is InChI=1S/C22H19BrN2O4S/c1-25(22(27)28)9-7-12-3-5-13(6-4-12)17-16(29-2)11-15(23)19-18(17)14-8-10-30-20(14)21(26)24-19/h3-6,8,10-11H,7,9H2,1-2H3,(H,24,26)(H,27,28). The highest BCUT2D eigenvalue weighted by molar-refractivity contribution is 9.10. The van der Waals surface area contributed by atoms with Crippen molar-refractivity contribution >= 4 is 54.3 Å². The van der Waals surface area contributed by atoms with Crippen molar-refractivity contribution < 1.29 is 14.6 Å². The molecule has 0 aliphatic rings. The number of nitrogens with zero attached hydrogens (tertiary/aromatic N) is 1. The molecule has 0 radical (unpaired) electrons. The number of likely N-dealkylation sites (N-methyl/N-ethyl adjacent to an activating group) is 1. The number of carbonyl (C=O) groups is 1. The van der Waals surface area contributed by atoms with Gasteiger partial charge in [-0.25, -0.2) is 4.79 Å². The Morgan fingerprint density at radius 2 is 2.00 bits per heavy atom. The summed E-state index contributed by atoms with van der Waals surface area (Å²) in [6, 6.07) is 11.8. The summed E-state index contributed by atoms with van der Waals surface area (Å²) in [7, 11) is 3.19. The van der Waals surface area contributed by atoms with Gasteiger partial charge in [0.1, 0.15) is 10.4 Å². The SMILES string of the molecule is COc1cc(Br)c2[nH]c(=O)c3sccc3c2c1-c1ccc(CCN(C)C(=O)O)cc1. The van der Waals surface area contributed by atoms with Crippen molar-refractivity contribution in [1.82, 2.24) is 9.88 Å². The molecule has 0 saturated heterocycles. The van der Waals surface area contributed by atoms with E-state index in [0.29, 0.717) is 23.4 Å². The lowest BCUT2D eigenvalue weighted by atomic mass is 9.96. The van der Waals surface area contributed by atoms with E-state index in [0.717, 1.165) is 37.5 Å². The number of aromatic nitrogens is 1. The number of rotatable bonds is 5. The summed E-state index contributed by atoms with van der Waals surface area (Å²) in [5.74, 6) is 0.701. The number of aromatic amines is 1. The van der Waals surface area contributed by atoms with Gasteiger partial charge in [0.05, 0.1) is 12.6 Å². The minimum Gasteiger partial charge on any atom is -0.496 e. The lowest BCUT2D eigenvalue weighted by molar-refractivity contribution is 0.156. The van der Waals surface area contributed by atoms with E-state index >= 15 is 0 Å². The Balaban J connectivity index is 1.86. The number of methoxy groups -OCH3 is 1. The Bertz CT molecular complexity index is 1310. The highest BCUT2D eigenvalue weighted by atomic mass is 79.9. The van der Waals surface area contributed by atoms with Crippen LogP contribution in [0.3, 0.4) is 0 Å². The van der Waals surface area contributed by atoms with Crippen LogP contribution in [0.25, 0.3) is 32.1 Å². The molecule has 0 aliphatic heterocycles. The van der Waals surface area contributed by atoms with Crippen molar-refractivity contribution in [2.24, 2.45) is 0 Å². The number of hydrogen-bond acceptors (Lipinski definition) is 4. The predicted octanol–water partition coefficient (Wildman–Crippen LogP) is 5.33. The first-order chi connectivity index (χ1) is 14.4. The molecular formula is C22H19BrN2O4S. The van der Waals surface area contributed by atoms with Gasteiger partial charge in [-0.3, -0.25) is 4.79 Å².